The summed E-state index contributed by atoms with van der Waals surface area (Å²) in [4.78, 5) is 11.4. The molecule has 0 radical (unpaired) electrons. The highest BCUT2D eigenvalue weighted by Gasteiger charge is 2.46. The molecule has 6 heteroatoms. The molecule has 1 atom stereocenters. The number of carbonyl (C=O) groups excluding carboxylic acids is 1. The van der Waals surface area contributed by atoms with Gasteiger partial charge in [0.05, 0.1) is 6.42 Å². The molecule has 2 rings (SSSR count). The second-order valence-electron chi connectivity index (χ2n) is 3.43. The zero-order chi connectivity index (χ0) is 11.9. The summed E-state index contributed by atoms with van der Waals surface area (Å²) < 4.78 is 41.8. The van der Waals surface area contributed by atoms with Crippen molar-refractivity contribution in [2.24, 2.45) is 0 Å². The van der Waals surface area contributed by atoms with Crippen LogP contribution in [0.1, 0.15) is 16.8 Å². The maximum Gasteiger partial charge on any atom is 0.425 e. The lowest BCUT2D eigenvalue weighted by Crippen LogP contribution is -2.39. The van der Waals surface area contributed by atoms with E-state index in [1.807, 2.05) is 0 Å². The molecule has 1 aliphatic rings. The molecular weight excluding hydrogens is 225 g/mol. The van der Waals surface area contributed by atoms with Crippen LogP contribution in [0.2, 0.25) is 0 Å². The van der Waals surface area contributed by atoms with Crippen LogP contribution in [0.3, 0.4) is 0 Å². The molecule has 0 spiro atoms. The number of hydrogen-bond donors (Lipinski definition) is 1. The minimum absolute atomic E-state index is 0.178. The maximum absolute atomic E-state index is 12.4. The minimum atomic E-state index is -4.58. The Morgan fingerprint density at radius 1 is 1.38 bits per heavy atom. The first-order valence-corrected chi connectivity index (χ1v) is 4.48. The summed E-state index contributed by atoms with van der Waals surface area (Å²) in [6.45, 7) is 0. The molecule has 0 bridgehead atoms. The van der Waals surface area contributed by atoms with Crippen molar-refractivity contribution >= 4 is 5.78 Å². The Bertz CT molecular complexity index is 439. The van der Waals surface area contributed by atoms with Gasteiger partial charge in [0.1, 0.15) is 17.1 Å². The van der Waals surface area contributed by atoms with Crippen molar-refractivity contribution in [3.05, 3.63) is 23.8 Å². The highest BCUT2D eigenvalue weighted by atomic mass is 19.4. The summed E-state index contributed by atoms with van der Waals surface area (Å²) in [7, 11) is 0. The SMILES string of the molecule is O=C1CC(C(F)(F)F)Oc2cccc(O)c21. The fourth-order valence-electron chi connectivity index (χ4n) is 1.55. The van der Waals surface area contributed by atoms with Gasteiger partial charge in [-0.2, -0.15) is 13.2 Å². The van der Waals surface area contributed by atoms with Crippen molar-refractivity contribution in [1.82, 2.24) is 0 Å². The number of phenols is 1. The number of halogens is 3. The quantitative estimate of drug-likeness (QED) is 0.746. The number of phenolic OH excluding ortho intramolecular Hbond substituents is 1. The standard InChI is InChI=1S/C10H7F3O3/c11-10(12,13)8-4-6(15)9-5(14)2-1-3-7(9)16-8/h1-3,8,14H,4H2. The minimum Gasteiger partial charge on any atom is -0.507 e. The third kappa shape index (κ3) is 1.70. The van der Waals surface area contributed by atoms with Crippen molar-refractivity contribution in [3.8, 4) is 11.5 Å². The van der Waals surface area contributed by atoms with E-state index in [0.717, 1.165) is 0 Å². The Hall–Kier alpha value is -1.72. The van der Waals surface area contributed by atoms with Gasteiger partial charge >= 0.3 is 6.18 Å². The van der Waals surface area contributed by atoms with Gasteiger partial charge < -0.3 is 9.84 Å². The van der Waals surface area contributed by atoms with Gasteiger partial charge in [-0.3, -0.25) is 4.79 Å². The van der Waals surface area contributed by atoms with Gasteiger partial charge in [0, 0.05) is 0 Å². The van der Waals surface area contributed by atoms with Gasteiger partial charge in [0.15, 0.2) is 5.78 Å². The van der Waals surface area contributed by atoms with Crippen LogP contribution in [0.4, 0.5) is 13.2 Å². The Morgan fingerprint density at radius 2 is 2.06 bits per heavy atom. The summed E-state index contributed by atoms with van der Waals surface area (Å²) in [5, 5.41) is 9.33. The Labute approximate surface area is 88.5 Å². The van der Waals surface area contributed by atoms with Gasteiger partial charge in [-0.1, -0.05) is 6.07 Å². The molecule has 1 aromatic carbocycles. The van der Waals surface area contributed by atoms with E-state index in [4.69, 9.17) is 0 Å². The zero-order valence-corrected chi connectivity index (χ0v) is 7.91. The molecule has 0 aliphatic carbocycles. The average Bonchev–Trinajstić information content (AvgIpc) is 2.15. The first-order valence-electron chi connectivity index (χ1n) is 4.48. The Kier molecular flexibility index (Phi) is 2.29. The summed E-state index contributed by atoms with van der Waals surface area (Å²) in [6, 6.07) is 3.78. The molecule has 1 heterocycles. The van der Waals surface area contributed by atoms with Crippen LogP contribution >= 0.6 is 0 Å². The third-order valence-electron chi connectivity index (χ3n) is 2.29. The molecule has 1 aromatic rings. The van der Waals surface area contributed by atoms with Crippen molar-refractivity contribution in [1.29, 1.82) is 0 Å². The number of ketones is 1. The van der Waals surface area contributed by atoms with Gasteiger partial charge in [-0.15, -0.1) is 0 Å². The predicted octanol–water partition coefficient (Wildman–Crippen LogP) is 2.29. The fourth-order valence-corrected chi connectivity index (χ4v) is 1.55. The monoisotopic (exact) mass is 232 g/mol. The molecule has 86 valence electrons. The van der Waals surface area contributed by atoms with Crippen LogP contribution < -0.4 is 4.74 Å². The zero-order valence-electron chi connectivity index (χ0n) is 7.91. The number of fused-ring (bicyclic) bond motifs is 1. The molecule has 3 nitrogen and oxygen atoms in total. The van der Waals surface area contributed by atoms with E-state index in [1.54, 1.807) is 0 Å². The molecule has 0 fully saturated rings. The van der Waals surface area contributed by atoms with Gasteiger partial charge in [0.2, 0.25) is 6.10 Å². The number of benzene rings is 1. The topological polar surface area (TPSA) is 46.5 Å². The van der Waals surface area contributed by atoms with Gasteiger partial charge in [0.25, 0.3) is 0 Å². The number of aromatic hydroxyl groups is 1. The number of ether oxygens (including phenoxy) is 1. The van der Waals surface area contributed by atoms with E-state index in [0.29, 0.717) is 0 Å². The van der Waals surface area contributed by atoms with E-state index in [-0.39, 0.29) is 17.1 Å². The fraction of sp³-hybridized carbons (Fsp3) is 0.300. The van der Waals surface area contributed by atoms with Crippen molar-refractivity contribution in [2.75, 3.05) is 0 Å². The normalized spacial score (nSPS) is 20.2. The number of alkyl halides is 3. The number of carbonyl (C=O) groups is 1. The lowest BCUT2D eigenvalue weighted by molar-refractivity contribution is -0.195. The van der Waals surface area contributed by atoms with Crippen LogP contribution in [0.5, 0.6) is 11.5 Å². The van der Waals surface area contributed by atoms with E-state index in [2.05, 4.69) is 4.74 Å². The Balaban J connectivity index is 2.42. The van der Waals surface area contributed by atoms with Crippen LogP contribution in [-0.2, 0) is 0 Å². The molecule has 1 aliphatic heterocycles. The number of hydrogen-bond acceptors (Lipinski definition) is 3. The molecule has 0 saturated heterocycles. The molecule has 0 aromatic heterocycles. The summed E-state index contributed by atoms with van der Waals surface area (Å²) >= 11 is 0. The van der Waals surface area contributed by atoms with E-state index in [9.17, 15) is 23.1 Å². The summed E-state index contributed by atoms with van der Waals surface area (Å²) in [5.74, 6) is -1.34. The highest BCUT2D eigenvalue weighted by molar-refractivity contribution is 6.02. The van der Waals surface area contributed by atoms with Crippen LogP contribution in [0, 0.1) is 0 Å². The van der Waals surface area contributed by atoms with Gasteiger partial charge in [-0.05, 0) is 12.1 Å². The molecule has 16 heavy (non-hydrogen) atoms. The van der Waals surface area contributed by atoms with E-state index in [1.165, 1.54) is 18.2 Å². The highest BCUT2D eigenvalue weighted by Crippen LogP contribution is 2.38. The first kappa shape index (κ1) is 10.8. The van der Waals surface area contributed by atoms with Crippen molar-refractivity contribution in [2.45, 2.75) is 18.7 Å². The van der Waals surface area contributed by atoms with Crippen LogP contribution in [0.15, 0.2) is 18.2 Å². The lowest BCUT2D eigenvalue weighted by atomic mass is 9.99. The smallest absolute Gasteiger partial charge is 0.425 e. The average molecular weight is 232 g/mol. The maximum atomic E-state index is 12.4. The molecule has 0 saturated carbocycles. The van der Waals surface area contributed by atoms with E-state index < -0.39 is 24.5 Å². The second kappa shape index (κ2) is 3.40. The van der Waals surface area contributed by atoms with E-state index >= 15 is 0 Å². The Morgan fingerprint density at radius 3 is 2.69 bits per heavy atom. The number of rotatable bonds is 0. The second-order valence-corrected chi connectivity index (χ2v) is 3.43. The van der Waals surface area contributed by atoms with Gasteiger partial charge in [-0.25, -0.2) is 0 Å². The predicted molar refractivity (Wildman–Crippen MR) is 47.5 cm³/mol. The van der Waals surface area contributed by atoms with Crippen LogP contribution in [0.25, 0.3) is 0 Å². The summed E-state index contributed by atoms with van der Waals surface area (Å²) in [5.41, 5.74) is -0.178. The molecule has 0 amide bonds. The largest absolute Gasteiger partial charge is 0.507 e. The number of Topliss-reactive ketones (excluding diaryl/α,β-unsaturated/α-hetero) is 1. The van der Waals surface area contributed by atoms with Crippen molar-refractivity contribution < 1.29 is 27.8 Å². The van der Waals surface area contributed by atoms with Crippen molar-refractivity contribution in [3.63, 3.8) is 0 Å². The molecule has 1 unspecified atom stereocenters. The first-order chi connectivity index (χ1) is 7.39. The lowest BCUT2D eigenvalue weighted by Gasteiger charge is -2.26. The summed E-state index contributed by atoms with van der Waals surface area (Å²) in [6.07, 6.45) is -7.51. The van der Waals surface area contributed by atoms with Crippen LogP contribution in [-0.4, -0.2) is 23.2 Å². The molecule has 1 N–H and O–H groups in total. The third-order valence-corrected chi connectivity index (χ3v) is 2.29. The molecular formula is C10H7F3O3.